The Bertz CT molecular complexity index is 1010. The van der Waals surface area contributed by atoms with E-state index in [1.807, 2.05) is 58.9 Å². The number of ether oxygens (including phenoxy) is 1. The first-order valence-corrected chi connectivity index (χ1v) is 10.5. The lowest BCUT2D eigenvalue weighted by Crippen LogP contribution is -2.31. The van der Waals surface area contributed by atoms with Gasteiger partial charge in [-0.15, -0.1) is 0 Å². The van der Waals surface area contributed by atoms with Crippen molar-refractivity contribution in [3.8, 4) is 11.4 Å². The van der Waals surface area contributed by atoms with E-state index in [1.54, 1.807) is 6.92 Å². The Kier molecular flexibility index (Phi) is 5.13. The number of nitrogens with zero attached hydrogens (tertiary/aromatic N) is 2. The minimum absolute atomic E-state index is 0.185. The van der Waals surface area contributed by atoms with Crippen LogP contribution in [0.15, 0.2) is 48.5 Å². The van der Waals surface area contributed by atoms with E-state index < -0.39 is 6.10 Å². The number of thioether (sulfide) groups is 1. The number of para-hydroxylation sites is 1. The predicted molar refractivity (Wildman–Crippen MR) is 113 cm³/mol. The average molecular weight is 394 g/mol. The first-order valence-electron chi connectivity index (χ1n) is 9.32. The maximum Gasteiger partial charge on any atom is 0.266 e. The zero-order valence-electron chi connectivity index (χ0n) is 16.2. The molecule has 0 fully saturated rings. The van der Waals surface area contributed by atoms with Crippen LogP contribution in [0.5, 0.6) is 5.75 Å². The lowest BCUT2D eigenvalue weighted by atomic mass is 10.1. The molecule has 0 radical (unpaired) electrons. The number of amides is 1. The van der Waals surface area contributed by atoms with E-state index in [1.165, 1.54) is 5.56 Å². The fourth-order valence-electron chi connectivity index (χ4n) is 3.26. The summed E-state index contributed by atoms with van der Waals surface area (Å²) in [6, 6.07) is 15.5. The molecule has 0 bridgehead atoms. The maximum absolute atomic E-state index is 12.9. The molecule has 2 heterocycles. The minimum atomic E-state index is -0.617. The van der Waals surface area contributed by atoms with Crippen LogP contribution < -0.4 is 10.1 Å². The Balaban J connectivity index is 1.64. The average Bonchev–Trinajstić information content (AvgIpc) is 3.27. The van der Waals surface area contributed by atoms with Crippen molar-refractivity contribution in [2.24, 2.45) is 0 Å². The normalized spacial score (nSPS) is 13.8. The van der Waals surface area contributed by atoms with E-state index in [4.69, 9.17) is 9.84 Å². The molecule has 1 aromatic heterocycles. The zero-order valence-corrected chi connectivity index (χ0v) is 17.0. The van der Waals surface area contributed by atoms with Crippen LogP contribution in [0.1, 0.15) is 29.3 Å². The number of aryl methyl sites for hydroxylation is 1. The molecule has 0 aliphatic carbocycles. The topological polar surface area (TPSA) is 56.2 Å². The van der Waals surface area contributed by atoms with Gasteiger partial charge in [0, 0.05) is 17.1 Å². The number of aromatic nitrogens is 2. The molecular weight excluding hydrogens is 370 g/mol. The lowest BCUT2D eigenvalue weighted by molar-refractivity contribution is -0.122. The SMILES string of the molecule is Cc1cccc(-n2nc3c(c2NC(=O)C(C)Oc2ccccc2)CSC3)c1C. The second-order valence-electron chi connectivity index (χ2n) is 6.96. The van der Waals surface area contributed by atoms with E-state index in [2.05, 4.69) is 25.2 Å². The maximum atomic E-state index is 12.9. The molecule has 1 unspecified atom stereocenters. The van der Waals surface area contributed by atoms with Gasteiger partial charge >= 0.3 is 0 Å². The van der Waals surface area contributed by atoms with Crippen molar-refractivity contribution in [2.45, 2.75) is 38.4 Å². The highest BCUT2D eigenvalue weighted by Gasteiger charge is 2.27. The molecule has 0 spiro atoms. The Morgan fingerprint density at radius 2 is 1.93 bits per heavy atom. The highest BCUT2D eigenvalue weighted by atomic mass is 32.2. The fourth-order valence-corrected chi connectivity index (χ4v) is 4.29. The minimum Gasteiger partial charge on any atom is -0.481 e. The van der Waals surface area contributed by atoms with Crippen LogP contribution in [-0.2, 0) is 16.3 Å². The molecule has 5 nitrogen and oxygen atoms in total. The Hall–Kier alpha value is -2.73. The zero-order chi connectivity index (χ0) is 19.7. The van der Waals surface area contributed by atoms with Crippen molar-refractivity contribution in [3.05, 3.63) is 70.9 Å². The van der Waals surface area contributed by atoms with Crippen LogP contribution in [0.3, 0.4) is 0 Å². The number of hydrogen-bond donors (Lipinski definition) is 1. The summed E-state index contributed by atoms with van der Waals surface area (Å²) in [5.74, 6) is 2.96. The van der Waals surface area contributed by atoms with E-state index >= 15 is 0 Å². The third-order valence-electron chi connectivity index (χ3n) is 5.02. The van der Waals surface area contributed by atoms with Crippen LogP contribution in [-0.4, -0.2) is 21.8 Å². The molecule has 0 saturated carbocycles. The highest BCUT2D eigenvalue weighted by molar-refractivity contribution is 7.98. The smallest absolute Gasteiger partial charge is 0.266 e. The Morgan fingerprint density at radius 1 is 1.14 bits per heavy atom. The summed E-state index contributed by atoms with van der Waals surface area (Å²) < 4.78 is 7.66. The van der Waals surface area contributed by atoms with Crippen molar-refractivity contribution < 1.29 is 9.53 Å². The molecule has 6 heteroatoms. The number of fused-ring (bicyclic) bond motifs is 1. The summed E-state index contributed by atoms with van der Waals surface area (Å²) in [5.41, 5.74) is 5.48. The van der Waals surface area contributed by atoms with Crippen LogP contribution in [0.25, 0.3) is 5.69 Å². The number of benzene rings is 2. The van der Waals surface area contributed by atoms with Gasteiger partial charge in [0.1, 0.15) is 11.6 Å². The van der Waals surface area contributed by atoms with Gasteiger partial charge in [0.05, 0.1) is 11.4 Å². The van der Waals surface area contributed by atoms with E-state index in [-0.39, 0.29) is 5.91 Å². The number of hydrogen-bond acceptors (Lipinski definition) is 4. The van der Waals surface area contributed by atoms with Gasteiger partial charge in [-0.25, -0.2) is 4.68 Å². The van der Waals surface area contributed by atoms with Gasteiger partial charge in [-0.1, -0.05) is 30.3 Å². The molecule has 4 rings (SSSR count). The monoisotopic (exact) mass is 393 g/mol. The molecule has 0 saturated heterocycles. The summed E-state index contributed by atoms with van der Waals surface area (Å²) in [6.07, 6.45) is -0.617. The first kappa shape index (κ1) is 18.6. The first-order chi connectivity index (χ1) is 13.5. The van der Waals surface area contributed by atoms with E-state index in [9.17, 15) is 4.79 Å². The molecule has 2 aromatic carbocycles. The summed E-state index contributed by atoms with van der Waals surface area (Å²) in [5, 5.41) is 7.88. The van der Waals surface area contributed by atoms with Gasteiger partial charge < -0.3 is 10.1 Å². The standard InChI is InChI=1S/C22H23N3O2S/c1-14-8-7-11-20(15(14)2)25-21(18-12-28-13-19(18)24-25)23-22(26)16(3)27-17-9-5-4-6-10-17/h4-11,16H,12-13H2,1-3H3,(H,23,26). The molecule has 1 aliphatic rings. The quantitative estimate of drug-likeness (QED) is 0.686. The number of nitrogens with one attached hydrogen (secondary N) is 1. The Labute approximate surface area is 169 Å². The summed E-state index contributed by atoms with van der Waals surface area (Å²) in [6.45, 7) is 5.93. The van der Waals surface area contributed by atoms with Gasteiger partial charge in [0.15, 0.2) is 6.10 Å². The summed E-state index contributed by atoms with van der Waals surface area (Å²) in [7, 11) is 0. The van der Waals surface area contributed by atoms with Gasteiger partial charge in [0.25, 0.3) is 5.91 Å². The number of anilines is 1. The predicted octanol–water partition coefficient (Wildman–Crippen LogP) is 4.64. The summed E-state index contributed by atoms with van der Waals surface area (Å²) >= 11 is 1.81. The third-order valence-corrected chi connectivity index (χ3v) is 5.99. The molecule has 1 N–H and O–H groups in total. The molecule has 144 valence electrons. The molecular formula is C22H23N3O2S. The van der Waals surface area contributed by atoms with Gasteiger partial charge in [-0.2, -0.15) is 16.9 Å². The molecule has 3 aromatic rings. The lowest BCUT2D eigenvalue weighted by Gasteiger charge is -2.17. The fraction of sp³-hybridized carbons (Fsp3) is 0.273. The van der Waals surface area contributed by atoms with Crippen molar-refractivity contribution in [2.75, 3.05) is 5.32 Å². The molecule has 1 aliphatic heterocycles. The van der Waals surface area contributed by atoms with Crippen molar-refractivity contribution in [1.29, 1.82) is 0 Å². The van der Waals surface area contributed by atoms with Crippen molar-refractivity contribution >= 4 is 23.5 Å². The van der Waals surface area contributed by atoms with Crippen LogP contribution in [0.4, 0.5) is 5.82 Å². The molecule has 1 atom stereocenters. The summed E-state index contributed by atoms with van der Waals surface area (Å²) in [4.78, 5) is 12.9. The van der Waals surface area contributed by atoms with E-state index in [0.29, 0.717) is 5.75 Å². The number of rotatable bonds is 5. The van der Waals surface area contributed by atoms with E-state index in [0.717, 1.165) is 39.8 Å². The largest absolute Gasteiger partial charge is 0.481 e. The van der Waals surface area contributed by atoms with Gasteiger partial charge in [-0.3, -0.25) is 4.79 Å². The van der Waals surface area contributed by atoms with Crippen molar-refractivity contribution in [1.82, 2.24) is 9.78 Å². The third kappa shape index (κ3) is 3.52. The van der Waals surface area contributed by atoms with Crippen LogP contribution in [0.2, 0.25) is 0 Å². The number of carbonyl (C=O) groups is 1. The Morgan fingerprint density at radius 3 is 2.71 bits per heavy atom. The highest BCUT2D eigenvalue weighted by Crippen LogP contribution is 2.37. The number of carbonyl (C=O) groups excluding carboxylic acids is 1. The molecule has 1 amide bonds. The molecule has 28 heavy (non-hydrogen) atoms. The van der Waals surface area contributed by atoms with Crippen molar-refractivity contribution in [3.63, 3.8) is 0 Å². The van der Waals surface area contributed by atoms with Gasteiger partial charge in [0.2, 0.25) is 0 Å². The van der Waals surface area contributed by atoms with Crippen LogP contribution >= 0.6 is 11.8 Å². The van der Waals surface area contributed by atoms with Crippen LogP contribution in [0, 0.1) is 13.8 Å². The second kappa shape index (κ2) is 7.72. The van der Waals surface area contributed by atoms with Gasteiger partial charge in [-0.05, 0) is 50.1 Å². The second-order valence-corrected chi connectivity index (χ2v) is 7.95.